The van der Waals surface area contributed by atoms with Crippen molar-refractivity contribution in [3.05, 3.63) is 35.4 Å². The monoisotopic (exact) mass is 371 g/mol. The third kappa shape index (κ3) is 6.68. The highest BCUT2D eigenvalue weighted by molar-refractivity contribution is 5.77. The molecule has 1 amide bonds. The number of benzene rings is 1. The molecule has 1 N–H and O–H groups in total. The van der Waals surface area contributed by atoms with Crippen LogP contribution in [0.5, 0.6) is 0 Å². The van der Waals surface area contributed by atoms with Gasteiger partial charge in [0.05, 0.1) is 32.2 Å². The first kappa shape index (κ1) is 20.3. The van der Waals surface area contributed by atoms with Crippen molar-refractivity contribution in [3.8, 4) is 0 Å². The molecule has 144 valence electrons. The van der Waals surface area contributed by atoms with Gasteiger partial charge in [0.1, 0.15) is 0 Å². The topological polar surface area (TPSA) is 76.1 Å². The van der Waals surface area contributed by atoms with Crippen molar-refractivity contribution in [2.45, 2.75) is 38.3 Å². The highest BCUT2D eigenvalue weighted by Gasteiger charge is 2.18. The van der Waals surface area contributed by atoms with Gasteiger partial charge in [-0.15, -0.1) is 0 Å². The zero-order valence-electron chi connectivity index (χ0n) is 14.5. The van der Waals surface area contributed by atoms with Crippen LogP contribution in [0.15, 0.2) is 18.2 Å². The molecule has 6 nitrogen and oxygen atoms in total. The molecule has 1 heterocycles. The Morgan fingerprint density at radius 3 is 2.73 bits per heavy atom. The zero-order chi connectivity index (χ0) is 18.9. The number of carboxylic acids is 1. The first-order valence-corrected chi connectivity index (χ1v) is 8.58. The number of hydrogen-bond acceptors (Lipinski definition) is 4. The molecule has 1 aliphatic rings. The molecule has 0 bridgehead atoms. The average molecular weight is 371 g/mol. The summed E-state index contributed by atoms with van der Waals surface area (Å²) in [5.74, 6) is -3.32. The summed E-state index contributed by atoms with van der Waals surface area (Å²) in [5.41, 5.74) is 0.392. The van der Waals surface area contributed by atoms with Gasteiger partial charge in [0.15, 0.2) is 11.6 Å². The maximum Gasteiger partial charge on any atom is 0.305 e. The van der Waals surface area contributed by atoms with Gasteiger partial charge in [0.25, 0.3) is 0 Å². The molecule has 1 aliphatic heterocycles. The summed E-state index contributed by atoms with van der Waals surface area (Å²) in [4.78, 5) is 24.5. The highest BCUT2D eigenvalue weighted by Crippen LogP contribution is 2.14. The fourth-order valence-corrected chi connectivity index (χ4v) is 2.69. The molecule has 8 heteroatoms. The number of carbonyl (C=O) groups is 2. The van der Waals surface area contributed by atoms with Crippen LogP contribution in [0.25, 0.3) is 0 Å². The van der Waals surface area contributed by atoms with Crippen LogP contribution >= 0.6 is 0 Å². The van der Waals surface area contributed by atoms with Gasteiger partial charge in [-0.05, 0) is 30.5 Å². The van der Waals surface area contributed by atoms with Crippen molar-refractivity contribution in [2.24, 2.45) is 0 Å². The number of ether oxygens (including phenoxy) is 2. The molecular weight excluding hydrogens is 348 g/mol. The van der Waals surface area contributed by atoms with Gasteiger partial charge in [-0.3, -0.25) is 9.59 Å². The van der Waals surface area contributed by atoms with Gasteiger partial charge in [0.2, 0.25) is 5.91 Å². The number of aliphatic carboxylic acids is 1. The van der Waals surface area contributed by atoms with Gasteiger partial charge < -0.3 is 19.5 Å². The third-order valence-corrected chi connectivity index (χ3v) is 4.09. The molecule has 26 heavy (non-hydrogen) atoms. The third-order valence-electron chi connectivity index (χ3n) is 4.09. The Hall–Kier alpha value is -2.06. The van der Waals surface area contributed by atoms with E-state index in [0.717, 1.165) is 31.6 Å². The molecular formula is C18H23F2NO5. The van der Waals surface area contributed by atoms with E-state index in [1.807, 2.05) is 0 Å². The van der Waals surface area contributed by atoms with E-state index in [2.05, 4.69) is 0 Å². The number of rotatable bonds is 10. The van der Waals surface area contributed by atoms with E-state index in [9.17, 15) is 18.4 Å². The lowest BCUT2D eigenvalue weighted by atomic mass is 10.2. The quantitative estimate of drug-likeness (QED) is 0.639. The summed E-state index contributed by atoms with van der Waals surface area (Å²) < 4.78 is 37.2. The normalized spacial score (nSPS) is 16.6. The summed E-state index contributed by atoms with van der Waals surface area (Å²) in [6.45, 7) is 1.34. The minimum Gasteiger partial charge on any atom is -0.481 e. The summed E-state index contributed by atoms with van der Waals surface area (Å²) in [7, 11) is 0. The van der Waals surface area contributed by atoms with E-state index in [4.69, 9.17) is 14.6 Å². The van der Waals surface area contributed by atoms with Crippen molar-refractivity contribution in [1.29, 1.82) is 0 Å². The second-order valence-corrected chi connectivity index (χ2v) is 6.17. The van der Waals surface area contributed by atoms with Crippen LogP contribution in [0.2, 0.25) is 0 Å². The smallest absolute Gasteiger partial charge is 0.305 e. The standard InChI is InChI=1S/C18H23F2NO5/c19-15-4-3-13(10-16(15)20)11-21(7-5-18(23)24)17(22)6-9-25-12-14-2-1-8-26-14/h3-4,10,14H,1-2,5-9,11-12H2,(H,23,24). The lowest BCUT2D eigenvalue weighted by molar-refractivity contribution is -0.139. The Kier molecular flexibility index (Phi) is 7.93. The molecule has 1 aromatic rings. The maximum atomic E-state index is 13.3. The fourth-order valence-electron chi connectivity index (χ4n) is 2.69. The summed E-state index contributed by atoms with van der Waals surface area (Å²) in [6, 6.07) is 3.35. The molecule has 0 spiro atoms. The van der Waals surface area contributed by atoms with E-state index in [0.29, 0.717) is 12.2 Å². The summed E-state index contributed by atoms with van der Waals surface area (Å²) in [5, 5.41) is 8.84. The molecule has 0 aromatic heterocycles. The van der Waals surface area contributed by atoms with Crippen molar-refractivity contribution < 1.29 is 33.0 Å². The highest BCUT2D eigenvalue weighted by atomic mass is 19.2. The Morgan fingerprint density at radius 2 is 2.08 bits per heavy atom. The molecule has 1 aromatic carbocycles. The first-order valence-electron chi connectivity index (χ1n) is 8.58. The lowest BCUT2D eigenvalue weighted by Crippen LogP contribution is -2.33. The van der Waals surface area contributed by atoms with Gasteiger partial charge in [0, 0.05) is 19.7 Å². The van der Waals surface area contributed by atoms with Gasteiger partial charge in [-0.25, -0.2) is 8.78 Å². The zero-order valence-corrected chi connectivity index (χ0v) is 14.5. The molecule has 0 aliphatic carbocycles. The fraction of sp³-hybridized carbons (Fsp3) is 0.556. The second kappa shape index (κ2) is 10.2. The Balaban J connectivity index is 1.86. The van der Waals surface area contributed by atoms with Gasteiger partial charge in [-0.2, -0.15) is 0 Å². The number of nitrogens with zero attached hydrogens (tertiary/aromatic N) is 1. The number of amides is 1. The number of carboxylic acid groups (broad SMARTS) is 1. The van der Waals surface area contributed by atoms with Gasteiger partial charge in [-0.1, -0.05) is 6.07 Å². The van der Waals surface area contributed by atoms with Crippen LogP contribution in [0.4, 0.5) is 8.78 Å². The van der Waals surface area contributed by atoms with Crippen molar-refractivity contribution in [1.82, 2.24) is 4.90 Å². The largest absolute Gasteiger partial charge is 0.481 e. The van der Waals surface area contributed by atoms with Crippen molar-refractivity contribution in [3.63, 3.8) is 0 Å². The Bertz CT molecular complexity index is 620. The van der Waals surface area contributed by atoms with Crippen LogP contribution in [0, 0.1) is 11.6 Å². The first-order chi connectivity index (χ1) is 12.5. The average Bonchev–Trinajstić information content (AvgIpc) is 3.11. The molecule has 1 saturated heterocycles. The minimum atomic E-state index is -1.04. The summed E-state index contributed by atoms with van der Waals surface area (Å²) >= 11 is 0. The Morgan fingerprint density at radius 1 is 1.27 bits per heavy atom. The lowest BCUT2D eigenvalue weighted by Gasteiger charge is -2.22. The van der Waals surface area contributed by atoms with E-state index in [1.165, 1.54) is 11.0 Å². The van der Waals surface area contributed by atoms with E-state index >= 15 is 0 Å². The van der Waals surface area contributed by atoms with Crippen molar-refractivity contribution in [2.75, 3.05) is 26.4 Å². The molecule has 0 radical (unpaired) electrons. The second-order valence-electron chi connectivity index (χ2n) is 6.17. The predicted molar refractivity (Wildman–Crippen MR) is 88.4 cm³/mol. The number of hydrogen-bond donors (Lipinski definition) is 1. The van der Waals surface area contributed by atoms with Crippen LogP contribution in [-0.4, -0.2) is 54.4 Å². The molecule has 2 rings (SSSR count). The van der Waals surface area contributed by atoms with Crippen molar-refractivity contribution >= 4 is 11.9 Å². The SMILES string of the molecule is O=C(O)CCN(Cc1ccc(F)c(F)c1)C(=O)CCOCC1CCCO1. The van der Waals surface area contributed by atoms with Crippen LogP contribution in [-0.2, 0) is 25.6 Å². The molecule has 1 fully saturated rings. The number of carbonyl (C=O) groups excluding carboxylic acids is 1. The van der Waals surface area contributed by atoms with Gasteiger partial charge >= 0.3 is 5.97 Å². The van der Waals surface area contributed by atoms with E-state index in [1.54, 1.807) is 0 Å². The summed E-state index contributed by atoms with van der Waals surface area (Å²) in [6.07, 6.45) is 1.86. The Labute approximate surface area is 150 Å². The molecule has 0 saturated carbocycles. The minimum absolute atomic E-state index is 0.00898. The molecule has 1 unspecified atom stereocenters. The number of halogens is 2. The van der Waals surface area contributed by atoms with E-state index in [-0.39, 0.29) is 44.5 Å². The molecule has 1 atom stereocenters. The van der Waals surface area contributed by atoms with Crippen LogP contribution in [0.3, 0.4) is 0 Å². The van der Waals surface area contributed by atoms with Crippen LogP contribution in [0.1, 0.15) is 31.2 Å². The van der Waals surface area contributed by atoms with E-state index < -0.39 is 17.6 Å². The van der Waals surface area contributed by atoms with Crippen LogP contribution < -0.4 is 0 Å². The predicted octanol–water partition coefficient (Wildman–Crippen LogP) is 2.35. The maximum absolute atomic E-state index is 13.3.